The average Bonchev–Trinajstić information content (AvgIpc) is 2.46. The first-order valence-electron chi connectivity index (χ1n) is 7.36. The first kappa shape index (κ1) is 12.6. The molecule has 1 heterocycles. The molecule has 3 rings (SSSR count). The van der Waals surface area contributed by atoms with Gasteiger partial charge in [0.1, 0.15) is 0 Å². The Kier molecular flexibility index (Phi) is 3.28. The third-order valence-corrected chi connectivity index (χ3v) is 4.65. The Morgan fingerprint density at radius 2 is 2.21 bits per heavy atom. The van der Waals surface area contributed by atoms with E-state index in [1.807, 2.05) is 12.3 Å². The van der Waals surface area contributed by atoms with Crippen molar-refractivity contribution in [3.8, 4) is 0 Å². The molecule has 2 heteroatoms. The molecule has 0 radical (unpaired) electrons. The van der Waals surface area contributed by atoms with Gasteiger partial charge in [0.2, 0.25) is 0 Å². The van der Waals surface area contributed by atoms with Gasteiger partial charge in [-0.05, 0) is 36.5 Å². The Balaban J connectivity index is 2.07. The SMILES string of the molecule is CCC1CCCC(N)(c2cccc3ncccc23)C1. The second-order valence-corrected chi connectivity index (χ2v) is 5.90. The molecule has 100 valence electrons. The lowest BCUT2D eigenvalue weighted by molar-refractivity contribution is 0.223. The molecule has 0 amide bonds. The molecule has 1 aromatic carbocycles. The molecule has 0 bridgehead atoms. The first-order chi connectivity index (χ1) is 9.23. The normalized spacial score (nSPS) is 27.6. The number of fused-ring (bicyclic) bond motifs is 1. The molecule has 2 aromatic rings. The van der Waals surface area contributed by atoms with Crippen LogP contribution in [0.3, 0.4) is 0 Å². The average molecular weight is 254 g/mol. The van der Waals surface area contributed by atoms with E-state index < -0.39 is 0 Å². The highest BCUT2D eigenvalue weighted by molar-refractivity contribution is 5.83. The minimum Gasteiger partial charge on any atom is -0.321 e. The lowest BCUT2D eigenvalue weighted by Crippen LogP contribution is -2.41. The summed E-state index contributed by atoms with van der Waals surface area (Å²) in [5, 5.41) is 1.23. The molecule has 2 unspecified atom stereocenters. The van der Waals surface area contributed by atoms with Crippen molar-refractivity contribution in [1.82, 2.24) is 4.98 Å². The van der Waals surface area contributed by atoms with Gasteiger partial charge in [-0.2, -0.15) is 0 Å². The van der Waals surface area contributed by atoms with Crippen LogP contribution in [0.1, 0.15) is 44.6 Å². The summed E-state index contributed by atoms with van der Waals surface area (Å²) in [4.78, 5) is 4.45. The number of aromatic nitrogens is 1. The molecule has 1 aromatic heterocycles. The maximum Gasteiger partial charge on any atom is 0.0705 e. The standard InChI is InChI=1S/C17H22N2/c1-2-13-6-4-10-17(18,12-13)15-8-3-9-16-14(15)7-5-11-19-16/h3,5,7-9,11,13H,2,4,6,10,12,18H2,1H3. The van der Waals surface area contributed by atoms with Gasteiger partial charge < -0.3 is 5.73 Å². The fraction of sp³-hybridized carbons (Fsp3) is 0.471. The number of benzene rings is 1. The Morgan fingerprint density at radius 3 is 3.05 bits per heavy atom. The highest BCUT2D eigenvalue weighted by Gasteiger charge is 2.34. The topological polar surface area (TPSA) is 38.9 Å². The fourth-order valence-electron chi connectivity index (χ4n) is 3.56. The van der Waals surface area contributed by atoms with E-state index in [9.17, 15) is 0 Å². The van der Waals surface area contributed by atoms with Crippen LogP contribution in [0.25, 0.3) is 10.9 Å². The number of rotatable bonds is 2. The molecule has 0 saturated heterocycles. The summed E-state index contributed by atoms with van der Waals surface area (Å²) in [6.45, 7) is 2.28. The molecular formula is C17H22N2. The molecule has 0 aliphatic heterocycles. The summed E-state index contributed by atoms with van der Waals surface area (Å²) >= 11 is 0. The summed E-state index contributed by atoms with van der Waals surface area (Å²) in [5.41, 5.74) is 8.97. The van der Waals surface area contributed by atoms with Crippen LogP contribution in [0.4, 0.5) is 0 Å². The van der Waals surface area contributed by atoms with Gasteiger partial charge in [-0.1, -0.05) is 44.4 Å². The summed E-state index contributed by atoms with van der Waals surface area (Å²) in [6.07, 6.45) is 7.87. The van der Waals surface area contributed by atoms with Gasteiger partial charge >= 0.3 is 0 Å². The van der Waals surface area contributed by atoms with Gasteiger partial charge in [-0.3, -0.25) is 4.98 Å². The molecule has 1 aliphatic carbocycles. The number of hydrogen-bond donors (Lipinski definition) is 1. The molecule has 1 saturated carbocycles. The summed E-state index contributed by atoms with van der Waals surface area (Å²) in [5.74, 6) is 0.769. The van der Waals surface area contributed by atoms with Crippen molar-refractivity contribution in [2.24, 2.45) is 11.7 Å². The van der Waals surface area contributed by atoms with E-state index >= 15 is 0 Å². The Bertz CT molecular complexity index is 573. The lowest BCUT2D eigenvalue weighted by atomic mass is 9.71. The Hall–Kier alpha value is -1.41. The van der Waals surface area contributed by atoms with E-state index in [0.29, 0.717) is 0 Å². The van der Waals surface area contributed by atoms with Crippen molar-refractivity contribution in [1.29, 1.82) is 0 Å². The number of nitrogens with zero attached hydrogens (tertiary/aromatic N) is 1. The van der Waals surface area contributed by atoms with Gasteiger partial charge in [-0.25, -0.2) is 0 Å². The van der Waals surface area contributed by atoms with Crippen LogP contribution < -0.4 is 5.73 Å². The van der Waals surface area contributed by atoms with Gasteiger partial charge in [0.25, 0.3) is 0 Å². The number of nitrogens with two attached hydrogens (primary N) is 1. The van der Waals surface area contributed by atoms with Crippen LogP contribution in [-0.4, -0.2) is 4.98 Å². The Morgan fingerprint density at radius 1 is 1.32 bits per heavy atom. The molecule has 2 nitrogen and oxygen atoms in total. The van der Waals surface area contributed by atoms with Crippen molar-refractivity contribution < 1.29 is 0 Å². The highest BCUT2D eigenvalue weighted by Crippen LogP contribution is 2.41. The molecular weight excluding hydrogens is 232 g/mol. The van der Waals surface area contributed by atoms with E-state index in [2.05, 4.69) is 36.2 Å². The summed E-state index contributed by atoms with van der Waals surface area (Å²) in [7, 11) is 0. The van der Waals surface area contributed by atoms with Gasteiger partial charge in [0.05, 0.1) is 5.52 Å². The molecule has 1 aliphatic rings. The van der Waals surface area contributed by atoms with Gasteiger partial charge in [-0.15, -0.1) is 0 Å². The molecule has 1 fully saturated rings. The molecule has 2 atom stereocenters. The highest BCUT2D eigenvalue weighted by atomic mass is 14.8. The van der Waals surface area contributed by atoms with Gasteiger partial charge in [0, 0.05) is 17.1 Å². The number of pyridine rings is 1. The monoisotopic (exact) mass is 254 g/mol. The molecule has 2 N–H and O–H groups in total. The van der Waals surface area contributed by atoms with Crippen molar-refractivity contribution in [3.05, 3.63) is 42.1 Å². The summed E-state index contributed by atoms with van der Waals surface area (Å²) in [6, 6.07) is 10.5. The smallest absolute Gasteiger partial charge is 0.0705 e. The van der Waals surface area contributed by atoms with E-state index in [1.54, 1.807) is 0 Å². The van der Waals surface area contributed by atoms with E-state index in [4.69, 9.17) is 5.73 Å². The van der Waals surface area contributed by atoms with Crippen LogP contribution >= 0.6 is 0 Å². The molecule has 19 heavy (non-hydrogen) atoms. The third kappa shape index (κ3) is 2.25. The predicted octanol–water partition coefficient (Wildman–Crippen LogP) is 3.99. The maximum atomic E-state index is 6.78. The third-order valence-electron chi connectivity index (χ3n) is 4.65. The second kappa shape index (κ2) is 4.93. The van der Waals surface area contributed by atoms with E-state index in [0.717, 1.165) is 24.3 Å². The fourth-order valence-corrected chi connectivity index (χ4v) is 3.56. The number of hydrogen-bond acceptors (Lipinski definition) is 2. The Labute approximate surface area is 115 Å². The van der Waals surface area contributed by atoms with E-state index in [1.165, 1.54) is 30.2 Å². The largest absolute Gasteiger partial charge is 0.321 e. The minimum absolute atomic E-state index is 0.165. The first-order valence-corrected chi connectivity index (χ1v) is 7.36. The zero-order chi connectivity index (χ0) is 13.3. The minimum atomic E-state index is -0.165. The van der Waals surface area contributed by atoms with E-state index in [-0.39, 0.29) is 5.54 Å². The van der Waals surface area contributed by atoms with Crippen LogP contribution in [0.2, 0.25) is 0 Å². The van der Waals surface area contributed by atoms with Crippen LogP contribution in [0, 0.1) is 5.92 Å². The van der Waals surface area contributed by atoms with Gasteiger partial charge in [0.15, 0.2) is 0 Å². The van der Waals surface area contributed by atoms with Crippen molar-refractivity contribution in [2.45, 2.75) is 44.6 Å². The van der Waals surface area contributed by atoms with Crippen molar-refractivity contribution in [3.63, 3.8) is 0 Å². The lowest BCUT2D eigenvalue weighted by Gasteiger charge is -2.38. The predicted molar refractivity (Wildman–Crippen MR) is 79.9 cm³/mol. The quantitative estimate of drug-likeness (QED) is 0.880. The zero-order valence-corrected chi connectivity index (χ0v) is 11.6. The van der Waals surface area contributed by atoms with Crippen LogP contribution in [0.15, 0.2) is 36.5 Å². The van der Waals surface area contributed by atoms with Crippen molar-refractivity contribution in [2.75, 3.05) is 0 Å². The van der Waals surface area contributed by atoms with Crippen LogP contribution in [0.5, 0.6) is 0 Å². The zero-order valence-electron chi connectivity index (χ0n) is 11.6. The van der Waals surface area contributed by atoms with Crippen molar-refractivity contribution >= 4 is 10.9 Å². The molecule has 0 spiro atoms. The maximum absolute atomic E-state index is 6.78. The van der Waals surface area contributed by atoms with Crippen LogP contribution in [-0.2, 0) is 5.54 Å². The second-order valence-electron chi connectivity index (χ2n) is 5.90. The summed E-state index contributed by atoms with van der Waals surface area (Å²) < 4.78 is 0.